The first-order valence-corrected chi connectivity index (χ1v) is 19.2. The Kier molecular flexibility index (Phi) is 7.76. The molecule has 8 aromatic carbocycles. The molecule has 0 aliphatic rings. The van der Waals surface area contributed by atoms with E-state index in [2.05, 4.69) is 135 Å². The molecule has 0 aliphatic heterocycles. The molecule has 58 heavy (non-hydrogen) atoms. The third-order valence-electron chi connectivity index (χ3n) is 11.0. The lowest BCUT2D eigenvalue weighted by molar-refractivity contribution is 1.07. The molecule has 0 bridgehead atoms. The second-order valence-corrected chi connectivity index (χ2v) is 14.3. The van der Waals surface area contributed by atoms with Crippen molar-refractivity contribution in [2.24, 2.45) is 0 Å². The SMILES string of the molecule is [C-]#[N+]c1ccc(-n2c3ccccc3c3ccccc32)c(-c2cc(-c3nc(-c4ccccc4)nc(-c4ccccc4)n3)ccc2-n2c3ccccc3c3ccccc32)c1. The van der Waals surface area contributed by atoms with E-state index < -0.39 is 0 Å². The molecule has 0 saturated carbocycles. The highest BCUT2D eigenvalue weighted by atomic mass is 15.0. The second kappa shape index (κ2) is 13.6. The van der Waals surface area contributed by atoms with E-state index in [1.165, 1.54) is 21.5 Å². The van der Waals surface area contributed by atoms with E-state index in [0.29, 0.717) is 23.2 Å². The lowest BCUT2D eigenvalue weighted by atomic mass is 9.97. The third-order valence-corrected chi connectivity index (χ3v) is 11.0. The molecule has 270 valence electrons. The summed E-state index contributed by atoms with van der Waals surface area (Å²) in [7, 11) is 0. The predicted octanol–water partition coefficient (Wildman–Crippen LogP) is 13.3. The number of rotatable bonds is 6. The summed E-state index contributed by atoms with van der Waals surface area (Å²) in [4.78, 5) is 19.2. The summed E-state index contributed by atoms with van der Waals surface area (Å²) in [6, 6.07) is 66.8. The third kappa shape index (κ3) is 5.37. The molecule has 0 saturated heterocycles. The molecule has 0 N–H and O–H groups in total. The molecule has 0 aliphatic carbocycles. The molecule has 0 atom stereocenters. The van der Waals surface area contributed by atoms with Gasteiger partial charge in [-0.05, 0) is 60.2 Å². The number of benzene rings is 8. The van der Waals surface area contributed by atoms with Crippen LogP contribution in [0.5, 0.6) is 0 Å². The van der Waals surface area contributed by atoms with E-state index in [0.717, 1.165) is 61.3 Å². The van der Waals surface area contributed by atoms with Crippen molar-refractivity contribution in [1.29, 1.82) is 0 Å². The maximum absolute atomic E-state index is 8.19. The maximum Gasteiger partial charge on any atom is 0.188 e. The lowest BCUT2D eigenvalue weighted by Gasteiger charge is -2.20. The molecule has 11 rings (SSSR count). The first-order valence-electron chi connectivity index (χ1n) is 19.2. The van der Waals surface area contributed by atoms with Crippen LogP contribution in [0.25, 0.3) is 105 Å². The van der Waals surface area contributed by atoms with E-state index in [1.54, 1.807) is 0 Å². The highest BCUT2D eigenvalue weighted by Crippen LogP contribution is 2.43. The summed E-state index contributed by atoms with van der Waals surface area (Å²) in [5, 5.41) is 4.68. The number of hydrogen-bond acceptors (Lipinski definition) is 3. The second-order valence-electron chi connectivity index (χ2n) is 14.3. The fourth-order valence-electron chi connectivity index (χ4n) is 8.39. The molecule has 11 aromatic rings. The van der Waals surface area contributed by atoms with Crippen LogP contribution >= 0.6 is 0 Å². The summed E-state index contributed by atoms with van der Waals surface area (Å²) in [5.74, 6) is 1.75. The van der Waals surface area contributed by atoms with Crippen molar-refractivity contribution in [3.05, 3.63) is 206 Å². The zero-order chi connectivity index (χ0) is 38.6. The van der Waals surface area contributed by atoms with Crippen molar-refractivity contribution in [3.63, 3.8) is 0 Å². The van der Waals surface area contributed by atoms with E-state index >= 15 is 0 Å². The molecule has 6 heteroatoms. The largest absolute Gasteiger partial charge is 0.309 e. The van der Waals surface area contributed by atoms with Crippen molar-refractivity contribution in [1.82, 2.24) is 24.1 Å². The van der Waals surface area contributed by atoms with Gasteiger partial charge in [-0.15, -0.1) is 0 Å². The summed E-state index contributed by atoms with van der Waals surface area (Å²) in [6.45, 7) is 8.19. The van der Waals surface area contributed by atoms with Gasteiger partial charge in [-0.2, -0.15) is 0 Å². The van der Waals surface area contributed by atoms with Crippen LogP contribution in [0.1, 0.15) is 0 Å². The van der Waals surface area contributed by atoms with Crippen LogP contribution in [-0.2, 0) is 0 Å². The Balaban J connectivity index is 1.25. The van der Waals surface area contributed by atoms with Crippen LogP contribution in [0.3, 0.4) is 0 Å². The van der Waals surface area contributed by atoms with Crippen LogP contribution in [0.2, 0.25) is 0 Å². The fraction of sp³-hybridized carbons (Fsp3) is 0. The number of fused-ring (bicyclic) bond motifs is 6. The number of para-hydroxylation sites is 4. The zero-order valence-electron chi connectivity index (χ0n) is 31.2. The van der Waals surface area contributed by atoms with Crippen LogP contribution < -0.4 is 0 Å². The van der Waals surface area contributed by atoms with Gasteiger partial charge in [0.25, 0.3) is 0 Å². The standard InChI is InChI=1S/C52H32N6/c1-53-37-29-31-49(58-46-26-14-10-22-40(46)41-23-11-15-27-47(41)58)43(33-37)42-32-36(28-30-48(42)57-44-24-12-8-20-38(44)39-21-9-13-25-45(39)57)52-55-50(34-16-4-2-5-17-34)54-51(56-52)35-18-6-3-7-19-35/h2-33H. The molecule has 0 spiro atoms. The van der Waals surface area contributed by atoms with Crippen molar-refractivity contribution < 1.29 is 0 Å². The highest BCUT2D eigenvalue weighted by Gasteiger charge is 2.22. The highest BCUT2D eigenvalue weighted by molar-refractivity contribution is 6.11. The van der Waals surface area contributed by atoms with Gasteiger partial charge in [-0.3, -0.25) is 0 Å². The van der Waals surface area contributed by atoms with Crippen LogP contribution in [-0.4, -0.2) is 24.1 Å². The van der Waals surface area contributed by atoms with Crippen molar-refractivity contribution in [2.45, 2.75) is 0 Å². The van der Waals surface area contributed by atoms with Gasteiger partial charge in [-0.25, -0.2) is 19.8 Å². The zero-order valence-corrected chi connectivity index (χ0v) is 31.2. The number of hydrogen-bond donors (Lipinski definition) is 0. The Bertz CT molecular complexity index is 3240. The van der Waals surface area contributed by atoms with Crippen LogP contribution in [0.4, 0.5) is 5.69 Å². The van der Waals surface area contributed by atoms with Crippen molar-refractivity contribution in [3.8, 4) is 56.7 Å². The van der Waals surface area contributed by atoms with Gasteiger partial charge >= 0.3 is 0 Å². The number of nitrogens with zero attached hydrogens (tertiary/aromatic N) is 6. The molecule has 0 radical (unpaired) electrons. The lowest BCUT2D eigenvalue weighted by Crippen LogP contribution is -2.03. The molecule has 6 nitrogen and oxygen atoms in total. The molecule has 3 heterocycles. The molecular weight excluding hydrogens is 709 g/mol. The Morgan fingerprint density at radius 2 is 0.707 bits per heavy atom. The average Bonchev–Trinajstić information content (AvgIpc) is 3.82. The average molecular weight is 741 g/mol. The van der Waals surface area contributed by atoms with Crippen LogP contribution in [0.15, 0.2) is 194 Å². The smallest absolute Gasteiger partial charge is 0.188 e. The molecule has 0 fully saturated rings. The van der Waals surface area contributed by atoms with Gasteiger partial charge in [0.1, 0.15) is 0 Å². The minimum absolute atomic E-state index is 0.552. The molecule has 0 unspecified atom stereocenters. The normalized spacial score (nSPS) is 11.4. The first kappa shape index (κ1) is 33.2. The topological polar surface area (TPSA) is 52.9 Å². The van der Waals surface area contributed by atoms with Gasteiger partial charge < -0.3 is 9.13 Å². The van der Waals surface area contributed by atoms with E-state index in [4.69, 9.17) is 21.5 Å². The minimum atomic E-state index is 0.552. The van der Waals surface area contributed by atoms with Gasteiger partial charge in [0, 0.05) is 43.8 Å². The summed E-state index contributed by atoms with van der Waals surface area (Å²) < 4.78 is 4.68. The molecular formula is C52H32N6. The van der Waals surface area contributed by atoms with Crippen LogP contribution in [0, 0.1) is 6.57 Å². The molecule has 0 amide bonds. The fourth-order valence-corrected chi connectivity index (χ4v) is 8.39. The van der Waals surface area contributed by atoms with Gasteiger partial charge in [-0.1, -0.05) is 140 Å². The Morgan fingerprint density at radius 1 is 0.345 bits per heavy atom. The predicted molar refractivity (Wildman–Crippen MR) is 237 cm³/mol. The summed E-state index contributed by atoms with van der Waals surface area (Å²) in [6.07, 6.45) is 0. The van der Waals surface area contributed by atoms with Crippen molar-refractivity contribution in [2.75, 3.05) is 0 Å². The van der Waals surface area contributed by atoms with E-state index in [1.807, 2.05) is 72.8 Å². The van der Waals surface area contributed by atoms with E-state index in [-0.39, 0.29) is 0 Å². The minimum Gasteiger partial charge on any atom is -0.309 e. The maximum atomic E-state index is 8.19. The van der Waals surface area contributed by atoms with Gasteiger partial charge in [0.2, 0.25) is 0 Å². The molecule has 3 aromatic heterocycles. The number of aromatic nitrogens is 5. The Labute approximate surface area is 334 Å². The quantitative estimate of drug-likeness (QED) is 0.160. The Morgan fingerprint density at radius 3 is 1.14 bits per heavy atom. The van der Waals surface area contributed by atoms with Crippen molar-refractivity contribution >= 4 is 49.3 Å². The first-order chi connectivity index (χ1) is 28.7. The monoisotopic (exact) mass is 740 g/mol. The van der Waals surface area contributed by atoms with Gasteiger partial charge in [0.15, 0.2) is 23.2 Å². The summed E-state index contributed by atoms with van der Waals surface area (Å²) in [5.41, 5.74) is 11.4. The van der Waals surface area contributed by atoms with Gasteiger partial charge in [0.05, 0.1) is 40.0 Å². The Hall–Kier alpha value is -8.14. The summed E-state index contributed by atoms with van der Waals surface area (Å²) >= 11 is 0. The van der Waals surface area contributed by atoms with E-state index in [9.17, 15) is 0 Å².